The molecule has 0 aliphatic rings. The summed E-state index contributed by atoms with van der Waals surface area (Å²) >= 11 is 5.83. The van der Waals surface area contributed by atoms with E-state index in [-0.39, 0.29) is 18.3 Å². The highest BCUT2D eigenvalue weighted by Crippen LogP contribution is 2.25. The minimum absolute atomic E-state index is 0.137. The minimum Gasteiger partial charge on any atom is -0.508 e. The van der Waals surface area contributed by atoms with Gasteiger partial charge in [-0.05, 0) is 37.3 Å². The third kappa shape index (κ3) is 3.65. The van der Waals surface area contributed by atoms with E-state index in [2.05, 4.69) is 5.32 Å². The highest BCUT2D eigenvalue weighted by molar-refractivity contribution is 6.30. The Hall–Kier alpha value is -2.20. The Morgan fingerprint density at radius 1 is 1.30 bits per heavy atom. The van der Waals surface area contributed by atoms with Crippen molar-refractivity contribution in [3.05, 3.63) is 53.1 Å². The Labute approximate surface area is 122 Å². The van der Waals surface area contributed by atoms with Gasteiger partial charge in [-0.3, -0.25) is 4.79 Å². The van der Waals surface area contributed by atoms with Gasteiger partial charge in [-0.2, -0.15) is 0 Å². The van der Waals surface area contributed by atoms with Gasteiger partial charge in [-0.15, -0.1) is 0 Å². The van der Waals surface area contributed by atoms with Crippen molar-refractivity contribution in [2.24, 2.45) is 0 Å². The topological polar surface area (TPSA) is 58.6 Å². The van der Waals surface area contributed by atoms with Gasteiger partial charge in [0.15, 0.2) is 6.61 Å². The number of rotatable bonds is 4. The number of aromatic hydroxyl groups is 1. The summed E-state index contributed by atoms with van der Waals surface area (Å²) < 4.78 is 5.38. The predicted octanol–water partition coefficient (Wildman–Crippen LogP) is 3.37. The number of anilines is 1. The van der Waals surface area contributed by atoms with Crippen molar-refractivity contribution in [1.82, 2.24) is 0 Å². The van der Waals surface area contributed by atoms with Crippen molar-refractivity contribution >= 4 is 23.2 Å². The van der Waals surface area contributed by atoms with Crippen molar-refractivity contribution in [3.8, 4) is 11.5 Å². The predicted molar refractivity (Wildman–Crippen MR) is 78.4 cm³/mol. The summed E-state index contributed by atoms with van der Waals surface area (Å²) in [6.45, 7) is 1.58. The molecule has 0 unspecified atom stereocenters. The highest BCUT2D eigenvalue weighted by Gasteiger charge is 2.07. The Balaban J connectivity index is 1.94. The molecule has 2 aromatic rings. The molecule has 4 nitrogen and oxygen atoms in total. The quantitative estimate of drug-likeness (QED) is 0.908. The van der Waals surface area contributed by atoms with E-state index in [1.54, 1.807) is 49.4 Å². The van der Waals surface area contributed by atoms with Gasteiger partial charge in [0.25, 0.3) is 5.91 Å². The first-order chi connectivity index (χ1) is 9.56. The smallest absolute Gasteiger partial charge is 0.262 e. The number of amides is 1. The van der Waals surface area contributed by atoms with Crippen LogP contribution in [0.1, 0.15) is 5.56 Å². The lowest BCUT2D eigenvalue weighted by Crippen LogP contribution is -2.20. The number of phenolic OH excluding ortho intramolecular Hbond substituents is 1. The number of ether oxygens (including phenoxy) is 1. The molecule has 2 rings (SSSR count). The fourth-order valence-electron chi connectivity index (χ4n) is 1.67. The van der Waals surface area contributed by atoms with E-state index in [9.17, 15) is 9.90 Å². The van der Waals surface area contributed by atoms with Crippen molar-refractivity contribution in [2.75, 3.05) is 11.9 Å². The van der Waals surface area contributed by atoms with Crippen molar-refractivity contribution in [2.45, 2.75) is 6.92 Å². The van der Waals surface area contributed by atoms with Crippen LogP contribution in [0.3, 0.4) is 0 Å². The van der Waals surface area contributed by atoms with Crippen LogP contribution < -0.4 is 10.1 Å². The third-order valence-corrected chi connectivity index (χ3v) is 2.96. The Morgan fingerprint density at radius 3 is 2.80 bits per heavy atom. The molecule has 0 saturated heterocycles. The minimum atomic E-state index is -0.296. The molecular weight excluding hydrogens is 278 g/mol. The zero-order valence-electron chi connectivity index (χ0n) is 10.9. The average molecular weight is 292 g/mol. The van der Waals surface area contributed by atoms with Crippen LogP contribution in [0.4, 0.5) is 5.69 Å². The summed E-state index contributed by atoms with van der Waals surface area (Å²) in [6.07, 6.45) is 0. The molecule has 2 aromatic carbocycles. The van der Waals surface area contributed by atoms with Crippen LogP contribution in [0.15, 0.2) is 42.5 Å². The van der Waals surface area contributed by atoms with Gasteiger partial charge in [0.05, 0.1) is 0 Å². The zero-order valence-corrected chi connectivity index (χ0v) is 11.6. The van der Waals surface area contributed by atoms with Crippen LogP contribution in [0.2, 0.25) is 5.02 Å². The molecule has 0 bridgehead atoms. The van der Waals surface area contributed by atoms with Gasteiger partial charge in [0.2, 0.25) is 0 Å². The summed E-state index contributed by atoms with van der Waals surface area (Å²) in [5, 5.41) is 12.8. The molecule has 0 heterocycles. The molecule has 5 heteroatoms. The van der Waals surface area contributed by atoms with Crippen LogP contribution >= 0.6 is 11.6 Å². The number of hydrogen-bond acceptors (Lipinski definition) is 3. The van der Waals surface area contributed by atoms with E-state index < -0.39 is 0 Å². The number of carbonyl (C=O) groups excluding carboxylic acids is 1. The van der Waals surface area contributed by atoms with E-state index in [1.165, 1.54) is 0 Å². The SMILES string of the molecule is Cc1c(O)cccc1OCC(=O)Nc1cccc(Cl)c1. The number of benzene rings is 2. The number of hydrogen-bond donors (Lipinski definition) is 2. The Kier molecular flexibility index (Phi) is 4.48. The first kappa shape index (κ1) is 14.2. The maximum Gasteiger partial charge on any atom is 0.262 e. The van der Waals surface area contributed by atoms with Gasteiger partial charge < -0.3 is 15.2 Å². The van der Waals surface area contributed by atoms with Gasteiger partial charge >= 0.3 is 0 Å². The van der Waals surface area contributed by atoms with Crippen LogP contribution in [0.25, 0.3) is 0 Å². The highest BCUT2D eigenvalue weighted by atomic mass is 35.5. The molecule has 0 atom stereocenters. The maximum absolute atomic E-state index is 11.8. The second-order valence-electron chi connectivity index (χ2n) is 4.25. The molecule has 0 aliphatic heterocycles. The fourth-order valence-corrected chi connectivity index (χ4v) is 1.86. The Bertz CT molecular complexity index is 628. The summed E-state index contributed by atoms with van der Waals surface area (Å²) in [5.74, 6) is 0.319. The average Bonchev–Trinajstić information content (AvgIpc) is 2.40. The fraction of sp³-hybridized carbons (Fsp3) is 0.133. The molecule has 0 aliphatic carbocycles. The normalized spacial score (nSPS) is 10.1. The third-order valence-electron chi connectivity index (χ3n) is 2.72. The van der Waals surface area contributed by atoms with E-state index in [1.807, 2.05) is 0 Å². The lowest BCUT2D eigenvalue weighted by Gasteiger charge is -2.10. The second kappa shape index (κ2) is 6.30. The van der Waals surface area contributed by atoms with Gasteiger partial charge in [-0.1, -0.05) is 23.7 Å². The number of halogens is 1. The molecule has 1 amide bonds. The lowest BCUT2D eigenvalue weighted by atomic mass is 10.2. The molecule has 104 valence electrons. The molecular formula is C15H14ClNO3. The Morgan fingerprint density at radius 2 is 2.05 bits per heavy atom. The molecule has 0 fully saturated rings. The monoisotopic (exact) mass is 291 g/mol. The van der Waals surface area contributed by atoms with Crippen LogP contribution in [-0.2, 0) is 4.79 Å². The molecule has 0 radical (unpaired) electrons. The first-order valence-corrected chi connectivity index (χ1v) is 6.41. The van der Waals surface area contributed by atoms with Crippen LogP contribution in [0.5, 0.6) is 11.5 Å². The van der Waals surface area contributed by atoms with Crippen molar-refractivity contribution in [3.63, 3.8) is 0 Å². The molecule has 0 saturated carbocycles. The van der Waals surface area contributed by atoms with Crippen LogP contribution in [0, 0.1) is 6.92 Å². The number of phenols is 1. The van der Waals surface area contributed by atoms with E-state index >= 15 is 0 Å². The summed E-state index contributed by atoms with van der Waals surface area (Å²) in [4.78, 5) is 11.8. The molecule has 0 spiro atoms. The van der Waals surface area contributed by atoms with E-state index in [4.69, 9.17) is 16.3 Å². The lowest BCUT2D eigenvalue weighted by molar-refractivity contribution is -0.118. The summed E-state index contributed by atoms with van der Waals surface area (Å²) in [6, 6.07) is 11.8. The number of nitrogens with one attached hydrogen (secondary N) is 1. The maximum atomic E-state index is 11.8. The number of carbonyl (C=O) groups is 1. The van der Waals surface area contributed by atoms with E-state index in [0.29, 0.717) is 22.0 Å². The largest absolute Gasteiger partial charge is 0.508 e. The van der Waals surface area contributed by atoms with E-state index in [0.717, 1.165) is 0 Å². The van der Waals surface area contributed by atoms with Crippen molar-refractivity contribution in [1.29, 1.82) is 0 Å². The summed E-state index contributed by atoms with van der Waals surface area (Å²) in [7, 11) is 0. The standard InChI is InChI=1S/C15H14ClNO3/c1-10-13(18)6-3-7-14(10)20-9-15(19)17-12-5-2-4-11(16)8-12/h2-8,18H,9H2,1H3,(H,17,19). The molecule has 0 aromatic heterocycles. The second-order valence-corrected chi connectivity index (χ2v) is 4.68. The first-order valence-electron chi connectivity index (χ1n) is 6.03. The van der Waals surface area contributed by atoms with Crippen molar-refractivity contribution < 1.29 is 14.6 Å². The summed E-state index contributed by atoms with van der Waals surface area (Å²) in [5.41, 5.74) is 1.21. The zero-order chi connectivity index (χ0) is 14.5. The van der Waals surface area contributed by atoms with Crippen LogP contribution in [-0.4, -0.2) is 17.6 Å². The molecule has 20 heavy (non-hydrogen) atoms. The van der Waals surface area contributed by atoms with Gasteiger partial charge in [0.1, 0.15) is 11.5 Å². The molecule has 2 N–H and O–H groups in total. The van der Waals surface area contributed by atoms with Gasteiger partial charge in [0, 0.05) is 16.3 Å². The van der Waals surface area contributed by atoms with Gasteiger partial charge in [-0.25, -0.2) is 0 Å².